The molecule has 2 aliphatic rings. The number of carbonyl (C=O) groups is 3. The van der Waals surface area contributed by atoms with E-state index in [4.69, 9.17) is 0 Å². The van der Waals surface area contributed by atoms with Gasteiger partial charge in [-0.3, -0.25) is 14.4 Å². The molecule has 1 saturated heterocycles. The van der Waals surface area contributed by atoms with Gasteiger partial charge in [0.15, 0.2) is 0 Å². The minimum absolute atomic E-state index is 0.0131. The summed E-state index contributed by atoms with van der Waals surface area (Å²) < 4.78 is 0. The zero-order chi connectivity index (χ0) is 19.1. The summed E-state index contributed by atoms with van der Waals surface area (Å²) in [6.07, 6.45) is 9.41. The molecular weight excluding hydrogens is 366 g/mol. The van der Waals surface area contributed by atoms with Crippen LogP contribution in [0.2, 0.25) is 0 Å². The number of nitrogens with zero attached hydrogens (tertiary/aromatic N) is 2. The lowest BCUT2D eigenvalue weighted by Gasteiger charge is -2.38. The third kappa shape index (κ3) is 5.85. The predicted octanol–water partition coefficient (Wildman–Crippen LogP) is 1.77. The fourth-order valence-corrected chi connectivity index (χ4v) is 4.14. The van der Waals surface area contributed by atoms with E-state index in [0.717, 1.165) is 19.3 Å². The highest BCUT2D eigenvalue weighted by molar-refractivity contribution is 7.13. The van der Waals surface area contributed by atoms with Crippen LogP contribution in [-0.2, 0) is 14.4 Å². The molecule has 3 amide bonds. The lowest BCUT2D eigenvalue weighted by atomic mass is 9.81. The first-order valence-electron chi connectivity index (χ1n) is 9.41. The smallest absolute Gasteiger partial charge is 0.226 e. The summed E-state index contributed by atoms with van der Waals surface area (Å²) in [5, 5.41) is 16.7. The fraction of sp³-hybridized carbons (Fsp3) is 0.611. The monoisotopic (exact) mass is 391 g/mol. The van der Waals surface area contributed by atoms with Crippen molar-refractivity contribution in [2.75, 3.05) is 5.32 Å². The molecule has 1 aliphatic heterocycles. The Balaban J connectivity index is 1.43. The highest BCUT2D eigenvalue weighted by Crippen LogP contribution is 2.27. The highest BCUT2D eigenvalue weighted by Gasteiger charge is 2.35. The summed E-state index contributed by atoms with van der Waals surface area (Å²) in [7, 11) is 0. The van der Waals surface area contributed by atoms with Gasteiger partial charge in [-0.25, -0.2) is 0 Å². The summed E-state index contributed by atoms with van der Waals surface area (Å²) in [4.78, 5) is 36.0. The van der Waals surface area contributed by atoms with Gasteiger partial charge in [0, 0.05) is 25.3 Å². The van der Waals surface area contributed by atoms with Crippen LogP contribution in [0.1, 0.15) is 51.4 Å². The standard InChI is InChI=1S/C18H25N5O3S/c24-14(7-4-8-15(25)22-18-23-19-11-27-18)20-13-9-10-16(26)21-17(13)12-5-2-1-3-6-12/h1-2,11-13,17H,3-10H2,(H,20,24)(H,21,26)(H,22,23,25)/t12?,13-,17+/m1/s1. The van der Waals surface area contributed by atoms with Crippen molar-refractivity contribution < 1.29 is 14.4 Å². The maximum atomic E-state index is 12.3. The van der Waals surface area contributed by atoms with Crippen molar-refractivity contribution in [2.45, 2.75) is 63.5 Å². The van der Waals surface area contributed by atoms with Gasteiger partial charge in [0.25, 0.3) is 0 Å². The van der Waals surface area contributed by atoms with Gasteiger partial charge in [-0.1, -0.05) is 23.5 Å². The lowest BCUT2D eigenvalue weighted by Crippen LogP contribution is -2.58. The van der Waals surface area contributed by atoms with Crippen LogP contribution >= 0.6 is 11.3 Å². The largest absolute Gasteiger partial charge is 0.351 e. The molecule has 0 aromatic carbocycles. The van der Waals surface area contributed by atoms with Gasteiger partial charge in [-0.15, -0.1) is 10.2 Å². The molecule has 27 heavy (non-hydrogen) atoms. The van der Waals surface area contributed by atoms with Crippen molar-refractivity contribution in [2.24, 2.45) is 5.92 Å². The zero-order valence-corrected chi connectivity index (χ0v) is 16.0. The third-order valence-electron chi connectivity index (χ3n) is 5.02. The van der Waals surface area contributed by atoms with E-state index in [2.05, 4.69) is 38.3 Å². The Hall–Kier alpha value is -2.29. The van der Waals surface area contributed by atoms with Gasteiger partial charge >= 0.3 is 0 Å². The lowest BCUT2D eigenvalue weighted by molar-refractivity contribution is -0.128. The normalized spacial score (nSPS) is 24.9. The molecule has 9 heteroatoms. The molecule has 0 bridgehead atoms. The summed E-state index contributed by atoms with van der Waals surface area (Å²) >= 11 is 1.26. The number of allylic oxidation sites excluding steroid dienone is 2. The number of aromatic nitrogens is 2. The topological polar surface area (TPSA) is 113 Å². The first-order valence-corrected chi connectivity index (χ1v) is 10.3. The molecule has 146 valence electrons. The quantitative estimate of drug-likeness (QED) is 0.613. The van der Waals surface area contributed by atoms with Crippen LogP contribution in [0.25, 0.3) is 0 Å². The van der Waals surface area contributed by atoms with E-state index in [0.29, 0.717) is 30.3 Å². The SMILES string of the molecule is O=C(CCCC(=O)N[C@@H]1CCC(=O)N[C@H]1C1CC=CCC1)Nc1nncs1. The van der Waals surface area contributed by atoms with Crippen molar-refractivity contribution in [1.29, 1.82) is 0 Å². The van der Waals surface area contributed by atoms with Gasteiger partial charge in [-0.05, 0) is 38.0 Å². The van der Waals surface area contributed by atoms with E-state index in [-0.39, 0.29) is 42.6 Å². The Morgan fingerprint density at radius 2 is 2.07 bits per heavy atom. The van der Waals surface area contributed by atoms with Crippen LogP contribution in [0.15, 0.2) is 17.7 Å². The first kappa shape index (κ1) is 19.5. The van der Waals surface area contributed by atoms with Crippen LogP contribution in [0, 0.1) is 5.92 Å². The van der Waals surface area contributed by atoms with E-state index in [9.17, 15) is 14.4 Å². The van der Waals surface area contributed by atoms with Crippen molar-refractivity contribution in [3.63, 3.8) is 0 Å². The molecule has 1 unspecified atom stereocenters. The molecule has 3 atom stereocenters. The second kappa shape index (κ2) is 9.59. The van der Waals surface area contributed by atoms with Gasteiger partial charge in [-0.2, -0.15) is 0 Å². The highest BCUT2D eigenvalue weighted by atomic mass is 32.1. The van der Waals surface area contributed by atoms with Gasteiger partial charge < -0.3 is 16.0 Å². The minimum atomic E-state index is -0.170. The molecule has 1 fully saturated rings. The van der Waals surface area contributed by atoms with E-state index in [1.807, 2.05) is 0 Å². The molecule has 0 saturated carbocycles. The number of piperidine rings is 1. The summed E-state index contributed by atoms with van der Waals surface area (Å²) in [5.74, 6) is 0.184. The van der Waals surface area contributed by atoms with Crippen molar-refractivity contribution in [3.05, 3.63) is 17.7 Å². The number of hydrogen-bond donors (Lipinski definition) is 3. The Kier molecular flexibility index (Phi) is 6.92. The Morgan fingerprint density at radius 3 is 2.81 bits per heavy atom. The first-order chi connectivity index (χ1) is 13.1. The zero-order valence-electron chi connectivity index (χ0n) is 15.1. The molecule has 1 aromatic rings. The second-order valence-electron chi connectivity index (χ2n) is 7.00. The maximum absolute atomic E-state index is 12.3. The van der Waals surface area contributed by atoms with Gasteiger partial charge in [0.05, 0.1) is 6.04 Å². The van der Waals surface area contributed by atoms with Crippen LogP contribution in [-0.4, -0.2) is 40.0 Å². The van der Waals surface area contributed by atoms with Gasteiger partial charge in [0.1, 0.15) is 5.51 Å². The Bertz CT molecular complexity index is 691. The van der Waals surface area contributed by atoms with Crippen LogP contribution < -0.4 is 16.0 Å². The molecule has 2 heterocycles. The number of nitrogens with one attached hydrogen (secondary N) is 3. The average Bonchev–Trinajstić information content (AvgIpc) is 3.17. The fourth-order valence-electron chi connectivity index (χ4n) is 3.67. The third-order valence-corrected chi connectivity index (χ3v) is 5.63. The van der Waals surface area contributed by atoms with Crippen LogP contribution in [0.3, 0.4) is 0 Å². The minimum Gasteiger partial charge on any atom is -0.351 e. The van der Waals surface area contributed by atoms with Crippen LogP contribution in [0.4, 0.5) is 5.13 Å². The molecule has 8 nitrogen and oxygen atoms in total. The van der Waals surface area contributed by atoms with Crippen molar-refractivity contribution >= 4 is 34.2 Å². The van der Waals surface area contributed by atoms with E-state index in [1.54, 1.807) is 5.51 Å². The van der Waals surface area contributed by atoms with E-state index >= 15 is 0 Å². The molecule has 1 aromatic heterocycles. The summed E-state index contributed by atoms with van der Waals surface area (Å²) in [6.45, 7) is 0. The van der Waals surface area contributed by atoms with E-state index in [1.165, 1.54) is 11.3 Å². The Labute approximate surface area is 162 Å². The van der Waals surface area contributed by atoms with Crippen molar-refractivity contribution in [3.8, 4) is 0 Å². The number of amides is 3. The molecule has 3 N–H and O–H groups in total. The van der Waals surface area contributed by atoms with Crippen LogP contribution in [0.5, 0.6) is 0 Å². The summed E-state index contributed by atoms with van der Waals surface area (Å²) in [5.41, 5.74) is 1.55. The second-order valence-corrected chi connectivity index (χ2v) is 7.83. The van der Waals surface area contributed by atoms with Crippen molar-refractivity contribution in [1.82, 2.24) is 20.8 Å². The maximum Gasteiger partial charge on any atom is 0.226 e. The van der Waals surface area contributed by atoms with Gasteiger partial charge in [0.2, 0.25) is 22.9 Å². The molecule has 0 spiro atoms. The predicted molar refractivity (Wildman–Crippen MR) is 102 cm³/mol. The number of hydrogen-bond acceptors (Lipinski definition) is 6. The number of carbonyl (C=O) groups excluding carboxylic acids is 3. The number of rotatable bonds is 7. The average molecular weight is 391 g/mol. The van der Waals surface area contributed by atoms with E-state index < -0.39 is 0 Å². The summed E-state index contributed by atoms with van der Waals surface area (Å²) in [6, 6.07) is -0.0530. The molecule has 1 aliphatic carbocycles. The molecule has 0 radical (unpaired) electrons. The molecular formula is C18H25N5O3S. The number of anilines is 1. The molecule has 3 rings (SSSR count). The Morgan fingerprint density at radius 1 is 1.22 bits per heavy atom.